The standard InChI is InChI=1S/C27H18FN5OS/c28-22-12-6-4-10-18(22)15-32-16-19(20-11-5-7-13-23(20)32)14-21-24(29)33-27(30-25(21)34)35-26(31-33)17-8-2-1-3-9-17/h1-14,16,29H,15H2/b21-14-,29-24?. The molecular formula is C27H18FN5OS. The van der Waals surface area contributed by atoms with E-state index in [1.165, 1.54) is 22.8 Å². The summed E-state index contributed by atoms with van der Waals surface area (Å²) in [5.74, 6) is -0.775. The molecule has 3 aromatic carbocycles. The summed E-state index contributed by atoms with van der Waals surface area (Å²) in [6.45, 7) is 0.345. The summed E-state index contributed by atoms with van der Waals surface area (Å²) in [4.78, 5) is 17.1. The van der Waals surface area contributed by atoms with Crippen molar-refractivity contribution in [3.05, 3.63) is 113 Å². The van der Waals surface area contributed by atoms with E-state index < -0.39 is 5.91 Å². The highest BCUT2D eigenvalue weighted by Gasteiger charge is 2.36. The van der Waals surface area contributed by atoms with E-state index in [0.717, 1.165) is 22.0 Å². The number of aromatic nitrogens is 1. The number of fused-ring (bicyclic) bond motifs is 2. The van der Waals surface area contributed by atoms with Crippen LogP contribution in [-0.2, 0) is 11.3 Å². The fourth-order valence-corrected chi connectivity index (χ4v) is 5.07. The number of amides is 1. The Bertz CT molecular complexity index is 1600. The summed E-state index contributed by atoms with van der Waals surface area (Å²) in [6, 6.07) is 24.0. The highest BCUT2D eigenvalue weighted by Crippen LogP contribution is 2.32. The van der Waals surface area contributed by atoms with E-state index in [2.05, 4.69) is 10.1 Å². The zero-order chi connectivity index (χ0) is 23.9. The van der Waals surface area contributed by atoms with Gasteiger partial charge in [0.2, 0.25) is 5.17 Å². The van der Waals surface area contributed by atoms with Crippen molar-refractivity contribution in [3.8, 4) is 0 Å². The lowest BCUT2D eigenvalue weighted by atomic mass is 10.1. The van der Waals surface area contributed by atoms with Crippen molar-refractivity contribution < 1.29 is 9.18 Å². The minimum absolute atomic E-state index is 0.0237. The monoisotopic (exact) mass is 479 g/mol. The van der Waals surface area contributed by atoms with Crippen molar-refractivity contribution >= 4 is 50.7 Å². The number of para-hydroxylation sites is 1. The van der Waals surface area contributed by atoms with Gasteiger partial charge in [-0.1, -0.05) is 66.7 Å². The number of nitrogens with one attached hydrogen (secondary N) is 1. The van der Waals surface area contributed by atoms with Crippen molar-refractivity contribution in [1.29, 1.82) is 5.41 Å². The molecule has 0 radical (unpaired) electrons. The summed E-state index contributed by atoms with van der Waals surface area (Å²) in [5.41, 5.74) is 3.28. The van der Waals surface area contributed by atoms with E-state index in [1.807, 2.05) is 71.4 Å². The van der Waals surface area contributed by atoms with Gasteiger partial charge in [-0.2, -0.15) is 15.1 Å². The third-order valence-corrected chi connectivity index (χ3v) is 6.85. The number of halogens is 1. The SMILES string of the molecule is N=C1/C(=C/c2cn(Cc3ccccc3F)c3ccccc23)C(=O)N=C2SC(c3ccccc3)=NN12. The molecule has 0 spiro atoms. The van der Waals surface area contributed by atoms with Gasteiger partial charge in [-0.05, 0) is 30.0 Å². The van der Waals surface area contributed by atoms with Crippen LogP contribution in [0.4, 0.5) is 4.39 Å². The molecule has 170 valence electrons. The van der Waals surface area contributed by atoms with Crippen LogP contribution in [0.15, 0.2) is 101 Å². The lowest BCUT2D eigenvalue weighted by Crippen LogP contribution is -2.35. The van der Waals surface area contributed by atoms with Crippen molar-refractivity contribution in [2.75, 3.05) is 0 Å². The van der Waals surface area contributed by atoms with Crippen LogP contribution in [-0.4, -0.2) is 31.5 Å². The zero-order valence-corrected chi connectivity index (χ0v) is 19.2. The molecule has 1 aromatic heterocycles. The number of amidine groups is 2. The molecule has 4 aromatic rings. The van der Waals surface area contributed by atoms with Gasteiger partial charge in [0.15, 0.2) is 5.84 Å². The second kappa shape index (κ2) is 8.48. The fraction of sp³-hybridized carbons (Fsp3) is 0.0370. The highest BCUT2D eigenvalue weighted by atomic mass is 32.2. The quantitative estimate of drug-likeness (QED) is 0.393. The van der Waals surface area contributed by atoms with Crippen molar-refractivity contribution in [2.45, 2.75) is 6.54 Å². The van der Waals surface area contributed by atoms with Crippen LogP contribution in [0.2, 0.25) is 0 Å². The summed E-state index contributed by atoms with van der Waals surface area (Å²) >= 11 is 1.27. The molecule has 2 aliphatic heterocycles. The normalized spacial score (nSPS) is 16.6. The van der Waals surface area contributed by atoms with Crippen LogP contribution in [0.1, 0.15) is 16.7 Å². The van der Waals surface area contributed by atoms with E-state index in [1.54, 1.807) is 18.2 Å². The number of rotatable bonds is 4. The Kier molecular flexibility index (Phi) is 5.15. The van der Waals surface area contributed by atoms with Crippen molar-refractivity contribution in [1.82, 2.24) is 9.58 Å². The summed E-state index contributed by atoms with van der Waals surface area (Å²) < 4.78 is 16.3. The van der Waals surface area contributed by atoms with Gasteiger partial charge < -0.3 is 4.57 Å². The third-order valence-electron chi connectivity index (χ3n) is 5.89. The molecule has 3 heterocycles. The molecule has 0 saturated carbocycles. The van der Waals surface area contributed by atoms with Crippen LogP contribution in [0.25, 0.3) is 17.0 Å². The number of carbonyl (C=O) groups is 1. The molecule has 0 unspecified atom stereocenters. The molecular weight excluding hydrogens is 461 g/mol. The number of benzene rings is 3. The lowest BCUT2D eigenvalue weighted by Gasteiger charge is -2.20. The Hall–Kier alpha value is -4.30. The van der Waals surface area contributed by atoms with Crippen LogP contribution in [0.3, 0.4) is 0 Å². The van der Waals surface area contributed by atoms with Gasteiger partial charge in [-0.3, -0.25) is 10.2 Å². The Labute approximate surface area is 204 Å². The number of hydrogen-bond acceptors (Lipinski definition) is 4. The largest absolute Gasteiger partial charge is 0.342 e. The number of nitrogens with zero attached hydrogens (tertiary/aromatic N) is 4. The molecule has 8 heteroatoms. The van der Waals surface area contributed by atoms with Crippen LogP contribution in [0, 0.1) is 11.2 Å². The van der Waals surface area contributed by atoms with E-state index >= 15 is 0 Å². The number of carbonyl (C=O) groups excluding carboxylic acids is 1. The van der Waals surface area contributed by atoms with E-state index in [9.17, 15) is 9.18 Å². The Balaban J connectivity index is 1.39. The van der Waals surface area contributed by atoms with Crippen molar-refractivity contribution in [2.24, 2.45) is 10.1 Å². The number of hydrogen-bond donors (Lipinski definition) is 1. The van der Waals surface area contributed by atoms with Gasteiger partial charge in [0, 0.05) is 33.8 Å². The van der Waals surface area contributed by atoms with Gasteiger partial charge in [0.05, 0.1) is 12.1 Å². The number of thioether (sulfide) groups is 1. The molecule has 6 nitrogen and oxygen atoms in total. The topological polar surface area (TPSA) is 73.8 Å². The van der Waals surface area contributed by atoms with Crippen molar-refractivity contribution in [3.63, 3.8) is 0 Å². The first kappa shape index (κ1) is 21.2. The second-order valence-corrected chi connectivity index (χ2v) is 9.07. The first-order valence-electron chi connectivity index (χ1n) is 11.0. The summed E-state index contributed by atoms with van der Waals surface area (Å²) in [6.07, 6.45) is 3.55. The van der Waals surface area contributed by atoms with Gasteiger partial charge in [-0.15, -0.1) is 0 Å². The number of aliphatic imine (C=N–C) groups is 1. The maximum absolute atomic E-state index is 14.3. The average Bonchev–Trinajstić information content (AvgIpc) is 3.46. The molecule has 35 heavy (non-hydrogen) atoms. The van der Waals surface area contributed by atoms with Crippen LogP contribution >= 0.6 is 11.8 Å². The van der Waals surface area contributed by atoms with Gasteiger partial charge >= 0.3 is 0 Å². The molecule has 0 atom stereocenters. The minimum Gasteiger partial charge on any atom is -0.342 e. The third kappa shape index (κ3) is 3.77. The molecule has 2 aliphatic rings. The molecule has 0 bridgehead atoms. The predicted molar refractivity (Wildman–Crippen MR) is 138 cm³/mol. The Morgan fingerprint density at radius 1 is 0.971 bits per heavy atom. The maximum atomic E-state index is 14.3. The average molecular weight is 480 g/mol. The predicted octanol–water partition coefficient (Wildman–Crippen LogP) is 5.50. The number of hydrazone groups is 1. The maximum Gasteiger partial charge on any atom is 0.283 e. The smallest absolute Gasteiger partial charge is 0.283 e. The zero-order valence-electron chi connectivity index (χ0n) is 18.4. The first-order chi connectivity index (χ1) is 17.1. The van der Waals surface area contributed by atoms with Gasteiger partial charge in [-0.25, -0.2) is 4.39 Å². The fourth-order valence-electron chi connectivity index (χ4n) is 4.18. The van der Waals surface area contributed by atoms with Crippen LogP contribution in [0.5, 0.6) is 0 Å². The first-order valence-corrected chi connectivity index (χ1v) is 11.8. The molecule has 0 fully saturated rings. The van der Waals surface area contributed by atoms with Gasteiger partial charge in [0.25, 0.3) is 5.91 Å². The highest BCUT2D eigenvalue weighted by molar-refractivity contribution is 8.27. The second-order valence-electron chi connectivity index (χ2n) is 8.11. The summed E-state index contributed by atoms with van der Waals surface area (Å²) in [5, 5.41) is 16.6. The van der Waals surface area contributed by atoms with Gasteiger partial charge in [0.1, 0.15) is 10.9 Å². The molecule has 1 amide bonds. The lowest BCUT2D eigenvalue weighted by molar-refractivity contribution is -0.114. The molecule has 0 aliphatic carbocycles. The van der Waals surface area contributed by atoms with E-state index in [4.69, 9.17) is 5.41 Å². The molecule has 6 rings (SSSR count). The van der Waals surface area contributed by atoms with Crippen LogP contribution < -0.4 is 0 Å². The minimum atomic E-state index is -0.482. The Morgan fingerprint density at radius 2 is 1.71 bits per heavy atom. The van der Waals surface area contributed by atoms with E-state index in [-0.39, 0.29) is 17.2 Å². The molecule has 1 N–H and O–H groups in total. The van der Waals surface area contributed by atoms with E-state index in [0.29, 0.717) is 22.3 Å². The summed E-state index contributed by atoms with van der Waals surface area (Å²) in [7, 11) is 0. The molecule has 0 saturated heterocycles. The Morgan fingerprint density at radius 3 is 2.54 bits per heavy atom.